The summed E-state index contributed by atoms with van der Waals surface area (Å²) >= 11 is 5.90. The second-order valence-corrected chi connectivity index (χ2v) is 5.69. The molecule has 0 unspecified atom stereocenters. The topological polar surface area (TPSA) is 69.2 Å². The van der Waals surface area contributed by atoms with Gasteiger partial charge in [-0.2, -0.15) is 0 Å². The summed E-state index contributed by atoms with van der Waals surface area (Å²) in [5, 5.41) is 7.16. The maximum absolute atomic E-state index is 11.8. The highest BCUT2D eigenvalue weighted by Gasteiger charge is 2.05. The van der Waals surface area contributed by atoms with E-state index >= 15 is 0 Å². The Morgan fingerprint density at radius 1 is 1.23 bits per heavy atom. The number of hydrogen-bond acceptors (Lipinski definition) is 5. The quantitative estimate of drug-likeness (QED) is 0.538. The number of carbonyl (C=O) groups excluding carboxylic acids is 1. The summed E-state index contributed by atoms with van der Waals surface area (Å²) in [7, 11) is 1.57. The zero-order chi connectivity index (χ0) is 18.8. The summed E-state index contributed by atoms with van der Waals surface area (Å²) in [4.78, 5) is 16.8. The predicted molar refractivity (Wildman–Crippen MR) is 101 cm³/mol. The highest BCUT2D eigenvalue weighted by atomic mass is 35.5. The fraction of sp³-hybridized carbons (Fsp3) is 0.263. The van der Waals surface area contributed by atoms with Gasteiger partial charge in [-0.1, -0.05) is 28.9 Å². The van der Waals surface area contributed by atoms with Crippen molar-refractivity contribution in [1.29, 1.82) is 0 Å². The summed E-state index contributed by atoms with van der Waals surface area (Å²) < 4.78 is 10.7. The third kappa shape index (κ3) is 6.29. The molecule has 0 spiro atoms. The van der Waals surface area contributed by atoms with Crippen LogP contribution in [0.25, 0.3) is 0 Å². The smallest absolute Gasteiger partial charge is 0.261 e. The van der Waals surface area contributed by atoms with E-state index in [1.807, 2.05) is 25.1 Å². The molecule has 0 saturated carbocycles. The van der Waals surface area contributed by atoms with Crippen molar-refractivity contribution in [3.8, 4) is 11.5 Å². The minimum absolute atomic E-state index is 0.175. The molecule has 26 heavy (non-hydrogen) atoms. The molecule has 0 aromatic heterocycles. The van der Waals surface area contributed by atoms with Gasteiger partial charge >= 0.3 is 0 Å². The zero-order valence-electron chi connectivity index (χ0n) is 14.7. The predicted octanol–water partition coefficient (Wildman–Crippen LogP) is 3.41. The molecule has 0 fully saturated rings. The molecule has 0 atom stereocenters. The number of halogens is 1. The van der Waals surface area contributed by atoms with Crippen molar-refractivity contribution in [2.75, 3.05) is 20.3 Å². The normalized spacial score (nSPS) is 10.6. The largest absolute Gasteiger partial charge is 0.493 e. The van der Waals surface area contributed by atoms with Crippen molar-refractivity contribution >= 4 is 23.7 Å². The van der Waals surface area contributed by atoms with Gasteiger partial charge in [0.15, 0.2) is 18.1 Å². The van der Waals surface area contributed by atoms with Gasteiger partial charge in [0, 0.05) is 17.1 Å². The van der Waals surface area contributed by atoms with Crippen LogP contribution in [0.5, 0.6) is 11.5 Å². The third-order valence-corrected chi connectivity index (χ3v) is 3.57. The lowest BCUT2D eigenvalue weighted by atomic mass is 10.2. The number of ether oxygens (including phenoxy) is 2. The highest BCUT2D eigenvalue weighted by molar-refractivity contribution is 6.30. The van der Waals surface area contributed by atoms with Crippen LogP contribution >= 0.6 is 11.6 Å². The zero-order valence-corrected chi connectivity index (χ0v) is 15.5. The van der Waals surface area contributed by atoms with Crippen LogP contribution in [0.2, 0.25) is 5.02 Å². The summed E-state index contributed by atoms with van der Waals surface area (Å²) in [5.41, 5.74) is 1.68. The van der Waals surface area contributed by atoms with Crippen molar-refractivity contribution in [1.82, 2.24) is 5.32 Å². The fourth-order valence-electron chi connectivity index (χ4n) is 2.13. The molecule has 0 aliphatic heterocycles. The Morgan fingerprint density at radius 2 is 2.08 bits per heavy atom. The van der Waals surface area contributed by atoms with Gasteiger partial charge in [-0.05, 0) is 42.8 Å². The van der Waals surface area contributed by atoms with Crippen LogP contribution < -0.4 is 14.8 Å². The first-order valence-electron chi connectivity index (χ1n) is 8.09. The Balaban J connectivity index is 1.78. The Hall–Kier alpha value is -2.73. The van der Waals surface area contributed by atoms with E-state index in [0.717, 1.165) is 11.1 Å². The molecule has 6 nitrogen and oxygen atoms in total. The Morgan fingerprint density at radius 3 is 2.81 bits per heavy atom. The van der Waals surface area contributed by atoms with Gasteiger partial charge in [0.1, 0.15) is 0 Å². The van der Waals surface area contributed by atoms with E-state index in [4.69, 9.17) is 25.9 Å². The first-order valence-corrected chi connectivity index (χ1v) is 8.47. The molecule has 0 heterocycles. The molecule has 0 saturated heterocycles. The van der Waals surface area contributed by atoms with Crippen LogP contribution in [-0.2, 0) is 16.2 Å². The van der Waals surface area contributed by atoms with Crippen molar-refractivity contribution < 1.29 is 19.1 Å². The number of amides is 1. The maximum atomic E-state index is 11.8. The van der Waals surface area contributed by atoms with E-state index in [9.17, 15) is 4.79 Å². The number of carbonyl (C=O) groups is 1. The Bertz CT molecular complexity index is 765. The number of oxime groups is 1. The molecule has 1 amide bonds. The minimum Gasteiger partial charge on any atom is -0.493 e. The molecular weight excluding hydrogens is 356 g/mol. The lowest BCUT2D eigenvalue weighted by Gasteiger charge is -2.09. The summed E-state index contributed by atoms with van der Waals surface area (Å²) in [5.74, 6) is 0.995. The van der Waals surface area contributed by atoms with E-state index in [-0.39, 0.29) is 12.5 Å². The standard InChI is InChI=1S/C19H21ClN2O4/c1-3-25-17-8-7-15(10-18(17)24-2)12-22-26-13-19(23)21-11-14-5-4-6-16(20)9-14/h4-10,12H,3,11,13H2,1-2H3,(H,21,23)/b22-12+. The molecule has 7 heteroatoms. The first-order chi connectivity index (χ1) is 12.6. The van der Waals surface area contributed by atoms with Gasteiger partial charge in [0.25, 0.3) is 5.91 Å². The van der Waals surface area contributed by atoms with E-state index < -0.39 is 0 Å². The minimum atomic E-state index is -0.272. The Labute approximate surface area is 157 Å². The molecule has 138 valence electrons. The van der Waals surface area contributed by atoms with Crippen LogP contribution in [0.1, 0.15) is 18.1 Å². The molecule has 0 aliphatic carbocycles. The molecule has 2 rings (SSSR count). The summed E-state index contributed by atoms with van der Waals surface area (Å²) in [6.07, 6.45) is 1.50. The number of hydrogen-bond donors (Lipinski definition) is 1. The van der Waals surface area contributed by atoms with Gasteiger partial charge in [-0.3, -0.25) is 4.79 Å². The van der Waals surface area contributed by atoms with Gasteiger partial charge < -0.3 is 19.6 Å². The lowest BCUT2D eigenvalue weighted by molar-refractivity contribution is -0.125. The molecule has 2 aromatic carbocycles. The third-order valence-electron chi connectivity index (χ3n) is 3.34. The van der Waals surface area contributed by atoms with Crippen molar-refractivity contribution in [2.45, 2.75) is 13.5 Å². The number of benzene rings is 2. The highest BCUT2D eigenvalue weighted by Crippen LogP contribution is 2.27. The van der Waals surface area contributed by atoms with Crippen molar-refractivity contribution in [2.24, 2.45) is 5.16 Å². The fourth-order valence-corrected chi connectivity index (χ4v) is 2.34. The number of nitrogens with one attached hydrogen (secondary N) is 1. The average Bonchev–Trinajstić information content (AvgIpc) is 2.65. The second kappa shape index (κ2) is 10.3. The van der Waals surface area contributed by atoms with E-state index in [2.05, 4.69) is 10.5 Å². The SMILES string of the molecule is CCOc1ccc(/C=N/OCC(=O)NCc2cccc(Cl)c2)cc1OC. The van der Waals surface area contributed by atoms with E-state index in [0.29, 0.717) is 29.7 Å². The van der Waals surface area contributed by atoms with Crippen molar-refractivity contribution in [3.63, 3.8) is 0 Å². The maximum Gasteiger partial charge on any atom is 0.261 e. The summed E-state index contributed by atoms with van der Waals surface area (Å²) in [6.45, 7) is 2.66. The van der Waals surface area contributed by atoms with Gasteiger partial charge in [-0.25, -0.2) is 0 Å². The van der Waals surface area contributed by atoms with E-state index in [1.165, 1.54) is 6.21 Å². The van der Waals surface area contributed by atoms with Crippen LogP contribution in [0.15, 0.2) is 47.6 Å². The second-order valence-electron chi connectivity index (χ2n) is 5.26. The van der Waals surface area contributed by atoms with Gasteiger partial charge in [-0.15, -0.1) is 0 Å². The monoisotopic (exact) mass is 376 g/mol. The molecule has 2 aromatic rings. The molecule has 1 N–H and O–H groups in total. The molecule has 0 radical (unpaired) electrons. The van der Waals surface area contributed by atoms with Crippen molar-refractivity contribution in [3.05, 3.63) is 58.6 Å². The molecular formula is C19H21ClN2O4. The van der Waals surface area contributed by atoms with E-state index in [1.54, 1.807) is 31.4 Å². The summed E-state index contributed by atoms with van der Waals surface area (Å²) in [6, 6.07) is 12.7. The van der Waals surface area contributed by atoms with Gasteiger partial charge in [0.05, 0.1) is 19.9 Å². The van der Waals surface area contributed by atoms with Crippen LogP contribution in [-0.4, -0.2) is 32.4 Å². The van der Waals surface area contributed by atoms with Gasteiger partial charge in [0.2, 0.25) is 0 Å². The van der Waals surface area contributed by atoms with Crippen LogP contribution in [0.3, 0.4) is 0 Å². The van der Waals surface area contributed by atoms with Crippen LogP contribution in [0.4, 0.5) is 0 Å². The number of nitrogens with zero attached hydrogens (tertiary/aromatic N) is 1. The number of rotatable bonds is 9. The number of methoxy groups -OCH3 is 1. The first kappa shape index (κ1) is 19.6. The molecule has 0 aliphatic rings. The van der Waals surface area contributed by atoms with Crippen LogP contribution in [0, 0.1) is 0 Å². The lowest BCUT2D eigenvalue weighted by Crippen LogP contribution is -2.26. The molecule has 0 bridgehead atoms. The Kier molecular flexibility index (Phi) is 7.76. The average molecular weight is 377 g/mol.